The second-order valence-electron chi connectivity index (χ2n) is 4.31. The van der Waals surface area contributed by atoms with Gasteiger partial charge < -0.3 is 10.2 Å². The van der Waals surface area contributed by atoms with Gasteiger partial charge >= 0.3 is 0 Å². The Balaban J connectivity index is 2.27. The third-order valence-corrected chi connectivity index (χ3v) is 3.00. The van der Waals surface area contributed by atoms with Gasteiger partial charge in [0.05, 0.1) is 0 Å². The normalized spacial score (nSPS) is 22.4. The Labute approximate surface area is 98.4 Å². The van der Waals surface area contributed by atoms with Gasteiger partial charge in [0.2, 0.25) is 5.96 Å². The third kappa shape index (κ3) is 4.37. The number of nitrogens with one attached hydrogen (secondary N) is 2. The molecule has 1 atom stereocenters. The van der Waals surface area contributed by atoms with Crippen LogP contribution >= 0.6 is 0 Å². The van der Waals surface area contributed by atoms with Crippen molar-refractivity contribution in [1.29, 1.82) is 0 Å². The fraction of sp³-hybridized carbons (Fsp3) is 0.909. The van der Waals surface area contributed by atoms with E-state index in [0.717, 1.165) is 32.0 Å². The van der Waals surface area contributed by atoms with Crippen LogP contribution in [0, 0.1) is 5.92 Å². The summed E-state index contributed by atoms with van der Waals surface area (Å²) in [5.74, 6) is 6.80. The number of rotatable bonds is 5. The zero-order valence-electron chi connectivity index (χ0n) is 10.5. The van der Waals surface area contributed by atoms with Gasteiger partial charge in [0, 0.05) is 19.6 Å². The van der Waals surface area contributed by atoms with Crippen molar-refractivity contribution in [2.24, 2.45) is 16.8 Å². The Kier molecular flexibility index (Phi) is 6.18. The predicted molar refractivity (Wildman–Crippen MR) is 68.1 cm³/mol. The van der Waals surface area contributed by atoms with Crippen LogP contribution in [0.25, 0.3) is 0 Å². The highest BCUT2D eigenvalue weighted by Gasteiger charge is 2.20. The number of guanidine groups is 1. The van der Waals surface area contributed by atoms with Crippen LogP contribution in [0.15, 0.2) is 4.99 Å². The molecule has 0 aliphatic carbocycles. The van der Waals surface area contributed by atoms with Gasteiger partial charge in [0.1, 0.15) is 0 Å². The maximum atomic E-state index is 5.40. The lowest BCUT2D eigenvalue weighted by Gasteiger charge is -2.12. The topological polar surface area (TPSA) is 65.7 Å². The van der Waals surface area contributed by atoms with Gasteiger partial charge in [-0.15, -0.1) is 0 Å². The van der Waals surface area contributed by atoms with Crippen LogP contribution in [0.3, 0.4) is 0 Å². The Morgan fingerprint density at radius 1 is 1.50 bits per heavy atom. The van der Waals surface area contributed by atoms with Gasteiger partial charge in [-0.25, -0.2) is 5.84 Å². The summed E-state index contributed by atoms with van der Waals surface area (Å²) in [5.41, 5.74) is 2.61. The fourth-order valence-corrected chi connectivity index (χ4v) is 1.97. The summed E-state index contributed by atoms with van der Waals surface area (Å²) in [6, 6.07) is 0. The second kappa shape index (κ2) is 7.46. The molecule has 0 aromatic heterocycles. The molecule has 1 aliphatic rings. The molecule has 0 saturated carbocycles. The van der Waals surface area contributed by atoms with Crippen molar-refractivity contribution < 1.29 is 0 Å². The smallest absolute Gasteiger partial charge is 0.205 e. The molecule has 1 heterocycles. The molecule has 1 fully saturated rings. The Hall–Kier alpha value is -0.810. The number of aliphatic imine (C=N–C) groups is 1. The molecule has 5 nitrogen and oxygen atoms in total. The van der Waals surface area contributed by atoms with E-state index in [1.807, 2.05) is 0 Å². The highest BCUT2D eigenvalue weighted by atomic mass is 15.3. The van der Waals surface area contributed by atoms with Gasteiger partial charge in [-0.2, -0.15) is 0 Å². The summed E-state index contributed by atoms with van der Waals surface area (Å²) >= 11 is 0. The SMILES string of the molecule is CCCNC(=NCC1CCN(CC)C1)NN. The van der Waals surface area contributed by atoms with E-state index in [-0.39, 0.29) is 0 Å². The van der Waals surface area contributed by atoms with Crippen molar-refractivity contribution in [2.75, 3.05) is 32.7 Å². The van der Waals surface area contributed by atoms with Crippen LogP contribution < -0.4 is 16.6 Å². The van der Waals surface area contributed by atoms with Crippen LogP contribution in [-0.2, 0) is 0 Å². The minimum atomic E-state index is 0.687. The number of hydrogen-bond donors (Lipinski definition) is 3. The summed E-state index contributed by atoms with van der Waals surface area (Å²) in [5, 5.41) is 3.17. The molecule has 0 aromatic rings. The minimum Gasteiger partial charge on any atom is -0.355 e. The lowest BCUT2D eigenvalue weighted by molar-refractivity contribution is 0.343. The van der Waals surface area contributed by atoms with Crippen molar-refractivity contribution in [3.05, 3.63) is 0 Å². The first kappa shape index (κ1) is 13.3. The third-order valence-electron chi connectivity index (χ3n) is 3.00. The van der Waals surface area contributed by atoms with Crippen molar-refractivity contribution >= 4 is 5.96 Å². The number of hydrazine groups is 1. The lowest BCUT2D eigenvalue weighted by atomic mass is 10.1. The zero-order chi connectivity index (χ0) is 11.8. The molecule has 0 radical (unpaired) electrons. The largest absolute Gasteiger partial charge is 0.355 e. The van der Waals surface area contributed by atoms with E-state index in [0.29, 0.717) is 5.92 Å². The second-order valence-corrected chi connectivity index (χ2v) is 4.31. The van der Waals surface area contributed by atoms with Gasteiger partial charge in [-0.05, 0) is 31.8 Å². The molecule has 0 bridgehead atoms. The van der Waals surface area contributed by atoms with Crippen LogP contribution in [0.5, 0.6) is 0 Å². The quantitative estimate of drug-likeness (QED) is 0.271. The van der Waals surface area contributed by atoms with E-state index in [9.17, 15) is 0 Å². The average Bonchev–Trinajstić information content (AvgIpc) is 2.77. The Bertz CT molecular complexity index is 216. The summed E-state index contributed by atoms with van der Waals surface area (Å²) in [6.45, 7) is 9.65. The van der Waals surface area contributed by atoms with E-state index in [1.165, 1.54) is 19.5 Å². The molecule has 0 amide bonds. The minimum absolute atomic E-state index is 0.687. The lowest BCUT2D eigenvalue weighted by Crippen LogP contribution is -2.42. The highest BCUT2D eigenvalue weighted by molar-refractivity contribution is 5.79. The first-order valence-electron chi connectivity index (χ1n) is 6.27. The van der Waals surface area contributed by atoms with Crippen LogP contribution in [0.1, 0.15) is 26.7 Å². The van der Waals surface area contributed by atoms with Crippen molar-refractivity contribution in [2.45, 2.75) is 26.7 Å². The van der Waals surface area contributed by atoms with Gasteiger partial charge in [0.15, 0.2) is 0 Å². The van der Waals surface area contributed by atoms with Crippen molar-refractivity contribution in [3.63, 3.8) is 0 Å². The molecule has 1 saturated heterocycles. The molecule has 4 N–H and O–H groups in total. The first-order chi connectivity index (χ1) is 7.80. The molecule has 94 valence electrons. The van der Waals surface area contributed by atoms with Crippen LogP contribution in [0.4, 0.5) is 0 Å². The fourth-order valence-electron chi connectivity index (χ4n) is 1.97. The predicted octanol–water partition coefficient (Wildman–Crippen LogP) is 0.147. The maximum Gasteiger partial charge on any atom is 0.205 e. The van der Waals surface area contributed by atoms with E-state index < -0.39 is 0 Å². The van der Waals surface area contributed by atoms with Crippen LogP contribution in [0.2, 0.25) is 0 Å². The number of nitrogens with two attached hydrogens (primary N) is 1. The number of likely N-dealkylation sites (tertiary alicyclic amines) is 1. The summed E-state index contributed by atoms with van der Waals surface area (Å²) < 4.78 is 0. The molecular weight excluding hydrogens is 202 g/mol. The van der Waals surface area contributed by atoms with E-state index in [4.69, 9.17) is 5.84 Å². The Morgan fingerprint density at radius 2 is 2.31 bits per heavy atom. The monoisotopic (exact) mass is 227 g/mol. The van der Waals surface area contributed by atoms with E-state index in [2.05, 4.69) is 34.5 Å². The molecular formula is C11H25N5. The van der Waals surface area contributed by atoms with E-state index in [1.54, 1.807) is 0 Å². The molecule has 1 unspecified atom stereocenters. The zero-order valence-corrected chi connectivity index (χ0v) is 10.5. The molecule has 16 heavy (non-hydrogen) atoms. The van der Waals surface area contributed by atoms with Crippen molar-refractivity contribution in [3.8, 4) is 0 Å². The highest BCUT2D eigenvalue weighted by Crippen LogP contribution is 2.15. The molecule has 0 spiro atoms. The summed E-state index contributed by atoms with van der Waals surface area (Å²) in [4.78, 5) is 6.94. The summed E-state index contributed by atoms with van der Waals surface area (Å²) in [6.07, 6.45) is 2.33. The Morgan fingerprint density at radius 3 is 2.88 bits per heavy atom. The summed E-state index contributed by atoms with van der Waals surface area (Å²) in [7, 11) is 0. The average molecular weight is 227 g/mol. The molecule has 5 heteroatoms. The maximum absolute atomic E-state index is 5.40. The van der Waals surface area contributed by atoms with Crippen LogP contribution in [-0.4, -0.2) is 43.6 Å². The van der Waals surface area contributed by atoms with Crippen molar-refractivity contribution in [1.82, 2.24) is 15.6 Å². The molecule has 0 aromatic carbocycles. The molecule has 1 rings (SSSR count). The van der Waals surface area contributed by atoms with E-state index >= 15 is 0 Å². The first-order valence-corrected chi connectivity index (χ1v) is 6.27. The van der Waals surface area contributed by atoms with Gasteiger partial charge in [-0.3, -0.25) is 10.4 Å². The standard InChI is InChI=1S/C11H25N5/c1-3-6-13-11(15-12)14-8-10-5-7-16(4-2)9-10/h10H,3-9,12H2,1-2H3,(H2,13,14,15). The number of nitrogens with zero attached hydrogens (tertiary/aromatic N) is 2. The number of hydrogen-bond acceptors (Lipinski definition) is 3. The van der Waals surface area contributed by atoms with Gasteiger partial charge in [0.25, 0.3) is 0 Å². The molecule has 1 aliphatic heterocycles. The van der Waals surface area contributed by atoms with Gasteiger partial charge in [-0.1, -0.05) is 13.8 Å².